The predicted molar refractivity (Wildman–Crippen MR) is 135 cm³/mol. The molecule has 38 heavy (non-hydrogen) atoms. The summed E-state index contributed by atoms with van der Waals surface area (Å²) in [6.45, 7) is 0.523. The number of hydrogen-bond acceptors (Lipinski definition) is 4. The maximum Gasteiger partial charge on any atom is 0.416 e. The van der Waals surface area contributed by atoms with Crippen molar-refractivity contribution in [3.05, 3.63) is 65.5 Å². The van der Waals surface area contributed by atoms with Crippen molar-refractivity contribution < 1.29 is 35.6 Å². The number of carbonyl (C=O) groups is 2. The quantitative estimate of drug-likeness (QED) is 0.461. The predicted octanol–water partition coefficient (Wildman–Crippen LogP) is 4.48. The van der Waals surface area contributed by atoms with Gasteiger partial charge >= 0.3 is 6.18 Å². The molecule has 2 amide bonds. The van der Waals surface area contributed by atoms with Gasteiger partial charge in [0.25, 0.3) is 0 Å². The van der Waals surface area contributed by atoms with Crippen molar-refractivity contribution in [1.82, 2.24) is 10.2 Å². The van der Waals surface area contributed by atoms with Crippen LogP contribution in [-0.2, 0) is 32.3 Å². The average Bonchev–Trinajstić information content (AvgIpc) is 2.86. The molecule has 0 radical (unpaired) electrons. The Morgan fingerprint density at radius 3 is 2.26 bits per heavy atom. The first-order valence-corrected chi connectivity index (χ1v) is 14.1. The zero-order valence-electron chi connectivity index (χ0n) is 21.2. The van der Waals surface area contributed by atoms with E-state index in [0.717, 1.165) is 61.5 Å². The molecule has 0 aromatic heterocycles. The van der Waals surface area contributed by atoms with Crippen LogP contribution in [0.1, 0.15) is 50.2 Å². The highest BCUT2D eigenvalue weighted by Gasteiger charge is 2.34. The van der Waals surface area contributed by atoms with Gasteiger partial charge in [0.2, 0.25) is 21.8 Å². The van der Waals surface area contributed by atoms with Crippen molar-refractivity contribution in [2.24, 2.45) is 0 Å². The van der Waals surface area contributed by atoms with Gasteiger partial charge < -0.3 is 10.2 Å². The standard InChI is InChI=1S/C26H31F4N3O4S/c1-18(25(35)31-22-8-4-3-5-9-22)32(16-19-11-13-21(27)14-12-19)24(34)17-33(38(2,36)37)23-10-6-7-20(15-23)26(28,29)30/h6-7,10-15,18,22H,3-5,8-9,16-17H2,1-2H3,(H,31,35)/t18-/m1/s1. The molecule has 0 saturated heterocycles. The fraction of sp³-hybridized carbons (Fsp3) is 0.462. The second kappa shape index (κ2) is 12.1. The fourth-order valence-corrected chi connectivity index (χ4v) is 5.23. The molecule has 1 fully saturated rings. The Morgan fingerprint density at radius 1 is 1.05 bits per heavy atom. The van der Waals surface area contributed by atoms with Crippen molar-refractivity contribution in [2.75, 3.05) is 17.1 Å². The zero-order valence-corrected chi connectivity index (χ0v) is 22.0. The third kappa shape index (κ3) is 7.92. The van der Waals surface area contributed by atoms with Gasteiger partial charge in [-0.1, -0.05) is 37.5 Å². The average molecular weight is 558 g/mol. The molecule has 0 spiro atoms. The molecule has 0 unspecified atom stereocenters. The van der Waals surface area contributed by atoms with Crippen molar-refractivity contribution in [3.8, 4) is 0 Å². The minimum atomic E-state index is -4.72. The molecule has 1 N–H and O–H groups in total. The number of nitrogens with one attached hydrogen (secondary N) is 1. The topological polar surface area (TPSA) is 86.8 Å². The Balaban J connectivity index is 1.90. The van der Waals surface area contributed by atoms with Gasteiger partial charge in [0, 0.05) is 12.6 Å². The highest BCUT2D eigenvalue weighted by atomic mass is 32.2. The van der Waals surface area contributed by atoms with Gasteiger partial charge in [0.05, 0.1) is 17.5 Å². The first kappa shape index (κ1) is 29.4. The van der Waals surface area contributed by atoms with Crippen molar-refractivity contribution >= 4 is 27.5 Å². The Hall–Kier alpha value is -3.15. The van der Waals surface area contributed by atoms with Crippen LogP contribution in [0, 0.1) is 5.82 Å². The summed E-state index contributed by atoms with van der Waals surface area (Å²) in [6, 6.07) is 7.83. The van der Waals surface area contributed by atoms with E-state index in [4.69, 9.17) is 0 Å². The summed E-state index contributed by atoms with van der Waals surface area (Å²) in [4.78, 5) is 27.7. The van der Waals surface area contributed by atoms with E-state index in [1.54, 1.807) is 0 Å². The second-order valence-electron chi connectivity index (χ2n) is 9.49. The van der Waals surface area contributed by atoms with Crippen LogP contribution in [0.15, 0.2) is 48.5 Å². The SMILES string of the molecule is C[C@H](C(=O)NC1CCCCC1)N(Cc1ccc(F)cc1)C(=O)CN(c1cccc(C(F)(F)F)c1)S(C)(=O)=O. The normalized spacial score (nSPS) is 15.5. The Labute approximate surface area is 219 Å². The Bertz CT molecular complexity index is 1230. The van der Waals surface area contributed by atoms with E-state index in [-0.39, 0.29) is 18.3 Å². The van der Waals surface area contributed by atoms with Gasteiger partial charge in [-0.3, -0.25) is 13.9 Å². The summed E-state index contributed by atoms with van der Waals surface area (Å²) < 4.78 is 78.9. The van der Waals surface area contributed by atoms with Crippen LogP contribution in [0.5, 0.6) is 0 Å². The molecule has 0 bridgehead atoms. The largest absolute Gasteiger partial charge is 0.416 e. The zero-order chi connectivity index (χ0) is 28.1. The van der Waals surface area contributed by atoms with E-state index in [1.807, 2.05) is 0 Å². The number of benzene rings is 2. The molecule has 1 atom stereocenters. The third-order valence-electron chi connectivity index (χ3n) is 6.53. The highest BCUT2D eigenvalue weighted by Crippen LogP contribution is 2.32. The smallest absolute Gasteiger partial charge is 0.352 e. The summed E-state index contributed by atoms with van der Waals surface area (Å²) in [6.07, 6.45) is 0.695. The van der Waals surface area contributed by atoms with Gasteiger partial charge in [-0.15, -0.1) is 0 Å². The molecule has 12 heteroatoms. The Morgan fingerprint density at radius 2 is 1.68 bits per heavy atom. The maximum absolute atomic E-state index is 13.5. The number of amides is 2. The molecule has 2 aromatic rings. The number of anilines is 1. The molecular weight excluding hydrogens is 526 g/mol. The Kier molecular flexibility index (Phi) is 9.40. The molecule has 1 aliphatic carbocycles. The van der Waals surface area contributed by atoms with Crippen LogP contribution in [0.4, 0.5) is 23.2 Å². The summed E-state index contributed by atoms with van der Waals surface area (Å²) in [7, 11) is -4.19. The van der Waals surface area contributed by atoms with Crippen LogP contribution in [0.3, 0.4) is 0 Å². The lowest BCUT2D eigenvalue weighted by Gasteiger charge is -2.33. The van der Waals surface area contributed by atoms with Gasteiger partial charge in [0.15, 0.2) is 0 Å². The van der Waals surface area contributed by atoms with Crippen molar-refractivity contribution in [2.45, 2.75) is 63.8 Å². The van der Waals surface area contributed by atoms with E-state index in [2.05, 4.69) is 5.32 Å². The van der Waals surface area contributed by atoms with Gasteiger partial charge in [-0.05, 0) is 55.7 Å². The van der Waals surface area contributed by atoms with Crippen molar-refractivity contribution in [1.29, 1.82) is 0 Å². The van der Waals surface area contributed by atoms with Crippen LogP contribution in [0.25, 0.3) is 0 Å². The first-order chi connectivity index (χ1) is 17.8. The number of nitrogens with zero attached hydrogens (tertiary/aromatic N) is 2. The van der Waals surface area contributed by atoms with E-state index in [0.29, 0.717) is 15.9 Å². The number of alkyl halides is 3. The number of hydrogen-bond donors (Lipinski definition) is 1. The molecule has 7 nitrogen and oxygen atoms in total. The summed E-state index contributed by atoms with van der Waals surface area (Å²) in [5.41, 5.74) is -0.918. The number of rotatable bonds is 9. The van der Waals surface area contributed by atoms with Crippen LogP contribution in [-0.4, -0.2) is 50.0 Å². The fourth-order valence-electron chi connectivity index (χ4n) is 4.39. The number of halogens is 4. The lowest BCUT2D eigenvalue weighted by molar-refractivity contribution is -0.139. The van der Waals surface area contributed by atoms with E-state index < -0.39 is 52.0 Å². The van der Waals surface area contributed by atoms with E-state index in [9.17, 15) is 35.6 Å². The lowest BCUT2D eigenvalue weighted by atomic mass is 9.95. The van der Waals surface area contributed by atoms with Gasteiger partial charge in [-0.25, -0.2) is 12.8 Å². The summed E-state index contributed by atoms with van der Waals surface area (Å²) in [5.74, 6) is -1.73. The van der Waals surface area contributed by atoms with Gasteiger partial charge in [-0.2, -0.15) is 13.2 Å². The van der Waals surface area contributed by atoms with E-state index >= 15 is 0 Å². The molecule has 0 heterocycles. The second-order valence-corrected chi connectivity index (χ2v) is 11.4. The summed E-state index contributed by atoms with van der Waals surface area (Å²) in [5, 5.41) is 2.94. The molecule has 0 aliphatic heterocycles. The van der Waals surface area contributed by atoms with Gasteiger partial charge in [0.1, 0.15) is 18.4 Å². The molecule has 3 rings (SSSR count). The van der Waals surface area contributed by atoms with Crippen LogP contribution >= 0.6 is 0 Å². The first-order valence-electron chi connectivity index (χ1n) is 12.2. The molecule has 1 saturated carbocycles. The third-order valence-corrected chi connectivity index (χ3v) is 7.67. The van der Waals surface area contributed by atoms with E-state index in [1.165, 1.54) is 31.2 Å². The number of sulfonamides is 1. The monoisotopic (exact) mass is 557 g/mol. The molecular formula is C26H31F4N3O4S. The molecule has 2 aromatic carbocycles. The minimum Gasteiger partial charge on any atom is -0.352 e. The van der Waals surface area contributed by atoms with Crippen LogP contribution in [0.2, 0.25) is 0 Å². The minimum absolute atomic E-state index is 0.0425. The lowest BCUT2D eigenvalue weighted by Crippen LogP contribution is -2.53. The number of carbonyl (C=O) groups excluding carboxylic acids is 2. The maximum atomic E-state index is 13.5. The highest BCUT2D eigenvalue weighted by molar-refractivity contribution is 7.92. The summed E-state index contributed by atoms with van der Waals surface area (Å²) >= 11 is 0. The molecule has 1 aliphatic rings. The van der Waals surface area contributed by atoms with Crippen LogP contribution < -0.4 is 9.62 Å². The molecule has 208 valence electrons. The van der Waals surface area contributed by atoms with Crippen molar-refractivity contribution in [3.63, 3.8) is 0 Å².